The second-order valence-electron chi connectivity index (χ2n) is 6.79. The van der Waals surface area contributed by atoms with Crippen molar-refractivity contribution in [2.24, 2.45) is 5.41 Å². The standard InChI is InChI=1S/C19H24FNOS/c1-15-3-8-18(23-15)12-21-10-2-9-19(13-21,14-22)11-16-4-6-17(20)7-5-16/h3-8,22H,2,9-14H2,1H3/t19-/m0/s1. The Hall–Kier alpha value is -1.23. The molecule has 2 heterocycles. The van der Waals surface area contributed by atoms with Crippen molar-refractivity contribution in [1.82, 2.24) is 4.90 Å². The predicted molar refractivity (Wildman–Crippen MR) is 93.2 cm³/mol. The minimum Gasteiger partial charge on any atom is -0.396 e. The number of aliphatic hydroxyl groups is 1. The van der Waals surface area contributed by atoms with E-state index in [1.54, 1.807) is 0 Å². The van der Waals surface area contributed by atoms with Crippen molar-refractivity contribution in [1.29, 1.82) is 0 Å². The van der Waals surface area contributed by atoms with E-state index in [0.717, 1.165) is 44.5 Å². The highest BCUT2D eigenvalue weighted by atomic mass is 32.1. The molecule has 1 aromatic heterocycles. The van der Waals surface area contributed by atoms with Gasteiger partial charge in [-0.25, -0.2) is 4.39 Å². The highest BCUT2D eigenvalue weighted by Crippen LogP contribution is 2.34. The quantitative estimate of drug-likeness (QED) is 0.893. The van der Waals surface area contributed by atoms with Crippen LogP contribution in [0.3, 0.4) is 0 Å². The summed E-state index contributed by atoms with van der Waals surface area (Å²) >= 11 is 1.85. The number of piperidine rings is 1. The molecule has 1 saturated heterocycles. The van der Waals surface area contributed by atoms with Crippen LogP contribution in [0.4, 0.5) is 4.39 Å². The molecule has 1 aliphatic rings. The fourth-order valence-corrected chi connectivity index (χ4v) is 4.53. The molecule has 0 unspecified atom stereocenters. The van der Waals surface area contributed by atoms with Gasteiger partial charge in [-0.2, -0.15) is 0 Å². The fourth-order valence-electron chi connectivity index (χ4n) is 3.60. The average Bonchev–Trinajstić information content (AvgIpc) is 2.95. The van der Waals surface area contributed by atoms with Crippen LogP contribution in [-0.4, -0.2) is 29.7 Å². The van der Waals surface area contributed by atoms with Crippen molar-refractivity contribution in [2.75, 3.05) is 19.7 Å². The fraction of sp³-hybridized carbons (Fsp3) is 0.474. The van der Waals surface area contributed by atoms with Crippen LogP contribution in [0.15, 0.2) is 36.4 Å². The van der Waals surface area contributed by atoms with Crippen molar-refractivity contribution >= 4 is 11.3 Å². The van der Waals surface area contributed by atoms with Gasteiger partial charge in [-0.1, -0.05) is 12.1 Å². The van der Waals surface area contributed by atoms with Crippen LogP contribution in [-0.2, 0) is 13.0 Å². The molecule has 1 aliphatic heterocycles. The maximum absolute atomic E-state index is 13.1. The van der Waals surface area contributed by atoms with Crippen LogP contribution in [0.25, 0.3) is 0 Å². The lowest BCUT2D eigenvalue weighted by molar-refractivity contribution is 0.0293. The maximum atomic E-state index is 13.1. The minimum atomic E-state index is -0.204. The molecule has 23 heavy (non-hydrogen) atoms. The molecule has 1 fully saturated rings. The number of thiophene rings is 1. The smallest absolute Gasteiger partial charge is 0.123 e. The Morgan fingerprint density at radius 1 is 1.22 bits per heavy atom. The Morgan fingerprint density at radius 2 is 2.00 bits per heavy atom. The Kier molecular flexibility index (Phi) is 5.14. The molecular weight excluding hydrogens is 309 g/mol. The van der Waals surface area contributed by atoms with Crippen molar-refractivity contribution in [2.45, 2.75) is 32.7 Å². The molecule has 0 spiro atoms. The average molecular weight is 333 g/mol. The normalized spacial score (nSPS) is 22.4. The summed E-state index contributed by atoms with van der Waals surface area (Å²) in [5.74, 6) is -0.204. The lowest BCUT2D eigenvalue weighted by Crippen LogP contribution is -2.46. The van der Waals surface area contributed by atoms with Crippen LogP contribution >= 0.6 is 11.3 Å². The molecular formula is C19H24FNOS. The van der Waals surface area contributed by atoms with E-state index < -0.39 is 0 Å². The second kappa shape index (κ2) is 7.12. The van der Waals surface area contributed by atoms with Gasteiger partial charge in [-0.05, 0) is 62.6 Å². The number of halogens is 1. The van der Waals surface area contributed by atoms with Gasteiger partial charge in [-0.3, -0.25) is 4.90 Å². The molecule has 2 aromatic rings. The van der Waals surface area contributed by atoms with Gasteiger partial charge in [0.1, 0.15) is 5.82 Å². The molecule has 2 nitrogen and oxygen atoms in total. The highest BCUT2D eigenvalue weighted by Gasteiger charge is 2.35. The lowest BCUT2D eigenvalue weighted by atomic mass is 9.75. The summed E-state index contributed by atoms with van der Waals surface area (Å²) in [5, 5.41) is 10.0. The number of rotatable bonds is 5. The van der Waals surface area contributed by atoms with Crippen molar-refractivity contribution < 1.29 is 9.50 Å². The first-order valence-corrected chi connectivity index (χ1v) is 9.03. The maximum Gasteiger partial charge on any atom is 0.123 e. The molecule has 1 N–H and O–H groups in total. The monoisotopic (exact) mass is 333 g/mol. The van der Waals surface area contributed by atoms with Gasteiger partial charge in [0.25, 0.3) is 0 Å². The summed E-state index contributed by atoms with van der Waals surface area (Å²) in [4.78, 5) is 5.18. The summed E-state index contributed by atoms with van der Waals surface area (Å²) in [7, 11) is 0. The van der Waals surface area contributed by atoms with Gasteiger partial charge in [0.2, 0.25) is 0 Å². The van der Waals surface area contributed by atoms with Crippen molar-refractivity contribution in [3.05, 3.63) is 57.5 Å². The molecule has 3 rings (SSSR count). The Labute approximate surface area is 141 Å². The van der Waals surface area contributed by atoms with Crippen LogP contribution in [0.1, 0.15) is 28.2 Å². The Bertz CT molecular complexity index is 639. The van der Waals surface area contributed by atoms with E-state index in [4.69, 9.17) is 0 Å². The van der Waals surface area contributed by atoms with Crippen LogP contribution in [0.2, 0.25) is 0 Å². The predicted octanol–water partition coefficient (Wildman–Crippen LogP) is 4.01. The molecule has 0 bridgehead atoms. The number of likely N-dealkylation sites (tertiary alicyclic amines) is 1. The van der Waals surface area contributed by atoms with E-state index in [0.29, 0.717) is 0 Å². The Balaban J connectivity index is 1.69. The summed E-state index contributed by atoms with van der Waals surface area (Å²) in [5.41, 5.74) is 0.997. The minimum absolute atomic E-state index is 0.109. The van der Waals surface area contributed by atoms with Crippen molar-refractivity contribution in [3.8, 4) is 0 Å². The first kappa shape index (κ1) is 16.6. The molecule has 1 aromatic carbocycles. The molecule has 0 amide bonds. The van der Waals surface area contributed by atoms with E-state index in [2.05, 4.69) is 24.0 Å². The zero-order valence-electron chi connectivity index (χ0n) is 13.6. The molecule has 0 radical (unpaired) electrons. The van der Waals surface area contributed by atoms with Crippen LogP contribution in [0, 0.1) is 18.2 Å². The van der Waals surface area contributed by atoms with Gasteiger partial charge >= 0.3 is 0 Å². The number of benzene rings is 1. The summed E-state index contributed by atoms with van der Waals surface area (Å²) in [6.45, 7) is 5.27. The van der Waals surface area contributed by atoms with E-state index in [1.807, 2.05) is 23.5 Å². The first-order chi connectivity index (χ1) is 11.1. The van der Waals surface area contributed by atoms with Gasteiger partial charge < -0.3 is 5.11 Å². The number of nitrogens with zero attached hydrogens (tertiary/aromatic N) is 1. The number of hydrogen-bond donors (Lipinski definition) is 1. The van der Waals surface area contributed by atoms with E-state index in [1.165, 1.54) is 21.9 Å². The summed E-state index contributed by atoms with van der Waals surface area (Å²) in [6, 6.07) is 11.1. The van der Waals surface area contributed by atoms with Gasteiger partial charge in [0, 0.05) is 28.3 Å². The molecule has 0 aliphatic carbocycles. The molecule has 4 heteroatoms. The zero-order chi connectivity index (χ0) is 16.3. The summed E-state index contributed by atoms with van der Waals surface area (Å²) < 4.78 is 13.1. The molecule has 0 saturated carbocycles. The first-order valence-electron chi connectivity index (χ1n) is 8.22. The topological polar surface area (TPSA) is 23.5 Å². The van der Waals surface area contributed by atoms with Gasteiger partial charge in [0.05, 0.1) is 6.61 Å². The third-order valence-electron chi connectivity index (χ3n) is 4.74. The van der Waals surface area contributed by atoms with E-state index >= 15 is 0 Å². The third kappa shape index (κ3) is 4.19. The highest BCUT2D eigenvalue weighted by molar-refractivity contribution is 7.11. The second-order valence-corrected chi connectivity index (χ2v) is 8.16. The SMILES string of the molecule is Cc1ccc(CN2CCC[C@](CO)(Cc3ccc(F)cc3)C2)s1. The van der Waals surface area contributed by atoms with Crippen LogP contribution in [0.5, 0.6) is 0 Å². The number of aliphatic hydroxyl groups excluding tert-OH is 1. The lowest BCUT2D eigenvalue weighted by Gasteiger charge is -2.42. The van der Waals surface area contributed by atoms with E-state index in [-0.39, 0.29) is 17.8 Å². The van der Waals surface area contributed by atoms with Gasteiger partial charge in [-0.15, -0.1) is 11.3 Å². The zero-order valence-corrected chi connectivity index (χ0v) is 14.4. The van der Waals surface area contributed by atoms with Crippen LogP contribution < -0.4 is 0 Å². The largest absolute Gasteiger partial charge is 0.396 e. The molecule has 1 atom stereocenters. The van der Waals surface area contributed by atoms with E-state index in [9.17, 15) is 9.50 Å². The number of hydrogen-bond acceptors (Lipinski definition) is 3. The Morgan fingerprint density at radius 3 is 2.65 bits per heavy atom. The molecule has 124 valence electrons. The third-order valence-corrected chi connectivity index (χ3v) is 5.73. The van der Waals surface area contributed by atoms with Crippen molar-refractivity contribution in [3.63, 3.8) is 0 Å². The summed E-state index contributed by atoms with van der Waals surface area (Å²) in [6.07, 6.45) is 2.94. The van der Waals surface area contributed by atoms with Gasteiger partial charge in [0.15, 0.2) is 0 Å². The number of aryl methyl sites for hydroxylation is 1.